The Bertz CT molecular complexity index is 1270. The first kappa shape index (κ1) is 22.6. The Kier molecular flexibility index (Phi) is 6.79. The second kappa shape index (κ2) is 9.91. The molecule has 9 nitrogen and oxygen atoms in total. The number of ether oxygens (including phenoxy) is 1. The van der Waals surface area contributed by atoms with Gasteiger partial charge >= 0.3 is 0 Å². The fourth-order valence-electron chi connectivity index (χ4n) is 3.46. The summed E-state index contributed by atoms with van der Waals surface area (Å²) in [4.78, 5) is 23.7. The molecule has 0 atom stereocenters. The van der Waals surface area contributed by atoms with Crippen molar-refractivity contribution >= 4 is 34.6 Å². The molecule has 0 aliphatic carbocycles. The fourth-order valence-corrected chi connectivity index (χ4v) is 3.67. The lowest BCUT2D eigenvalue weighted by molar-refractivity contribution is 0.0737. The Morgan fingerprint density at radius 3 is 2.79 bits per heavy atom. The van der Waals surface area contributed by atoms with E-state index in [4.69, 9.17) is 25.3 Å². The summed E-state index contributed by atoms with van der Waals surface area (Å²) in [7, 11) is 1.52. The molecular weight excluding hydrogens is 446 g/mol. The topological polar surface area (TPSA) is 107 Å². The molecule has 0 saturated carbocycles. The molecule has 2 aromatic heterocycles. The predicted octanol–water partition coefficient (Wildman–Crippen LogP) is 4.85. The first-order valence-electron chi connectivity index (χ1n) is 10.5. The van der Waals surface area contributed by atoms with Gasteiger partial charge in [-0.05, 0) is 36.2 Å². The van der Waals surface area contributed by atoms with Crippen LogP contribution < -0.4 is 10.1 Å². The van der Waals surface area contributed by atoms with Gasteiger partial charge in [-0.15, -0.1) is 0 Å². The quantitative estimate of drug-likeness (QED) is 0.371. The number of halogens is 1. The minimum absolute atomic E-state index is 0.184. The zero-order valence-corrected chi connectivity index (χ0v) is 19.3. The Morgan fingerprint density at radius 1 is 1.24 bits per heavy atom. The van der Waals surface area contributed by atoms with Crippen molar-refractivity contribution in [3.63, 3.8) is 0 Å². The monoisotopic (exact) mass is 469 g/mol. The summed E-state index contributed by atoms with van der Waals surface area (Å²) in [6.45, 7) is 4.98. The van der Waals surface area contributed by atoms with Gasteiger partial charge in [0.2, 0.25) is 5.89 Å². The molecule has 0 saturated heterocycles. The number of nitrogens with one attached hydrogen (secondary N) is 1. The molecule has 4 rings (SSSR count). The molecular formula is C23H24ClN5O4. The molecule has 0 fully saturated rings. The van der Waals surface area contributed by atoms with Crippen LogP contribution in [0.15, 0.2) is 45.3 Å². The highest BCUT2D eigenvalue weighted by Gasteiger charge is 2.22. The molecule has 33 heavy (non-hydrogen) atoms. The van der Waals surface area contributed by atoms with Crippen LogP contribution in [0, 0.1) is 6.92 Å². The van der Waals surface area contributed by atoms with Crippen molar-refractivity contribution in [1.82, 2.24) is 20.0 Å². The van der Waals surface area contributed by atoms with Gasteiger partial charge in [-0.2, -0.15) is 9.97 Å². The number of carbonyl (C=O) groups is 1. The van der Waals surface area contributed by atoms with E-state index in [1.807, 2.05) is 31.2 Å². The predicted molar refractivity (Wildman–Crippen MR) is 123 cm³/mol. The molecule has 0 unspecified atom stereocenters. The van der Waals surface area contributed by atoms with E-state index in [0.29, 0.717) is 58.3 Å². The van der Waals surface area contributed by atoms with Gasteiger partial charge in [0.15, 0.2) is 17.2 Å². The second-order valence-corrected chi connectivity index (χ2v) is 7.92. The van der Waals surface area contributed by atoms with Crippen molar-refractivity contribution in [2.75, 3.05) is 19.0 Å². The first-order valence-corrected chi connectivity index (χ1v) is 10.9. The molecule has 0 aliphatic heterocycles. The van der Waals surface area contributed by atoms with Crippen LogP contribution in [0.2, 0.25) is 5.02 Å². The van der Waals surface area contributed by atoms with Crippen molar-refractivity contribution in [2.45, 2.75) is 33.4 Å². The van der Waals surface area contributed by atoms with Crippen LogP contribution in [-0.4, -0.2) is 39.6 Å². The summed E-state index contributed by atoms with van der Waals surface area (Å²) in [6, 6.07) is 11.2. The van der Waals surface area contributed by atoms with E-state index >= 15 is 0 Å². The SMILES string of the molecule is CCCN(Cc1noc(C)n1)C(=O)c1cc(OC)c2oc(NCc3cccc(Cl)c3)nc2c1. The van der Waals surface area contributed by atoms with E-state index in [9.17, 15) is 4.79 Å². The Hall–Kier alpha value is -3.59. The number of fused-ring (bicyclic) bond motifs is 1. The van der Waals surface area contributed by atoms with E-state index in [1.54, 1.807) is 24.0 Å². The maximum atomic E-state index is 13.3. The third kappa shape index (κ3) is 5.25. The number of methoxy groups -OCH3 is 1. The molecule has 0 aliphatic rings. The van der Waals surface area contributed by atoms with Gasteiger partial charge in [-0.3, -0.25) is 4.79 Å². The maximum Gasteiger partial charge on any atom is 0.296 e. The summed E-state index contributed by atoms with van der Waals surface area (Å²) >= 11 is 6.05. The van der Waals surface area contributed by atoms with Crippen LogP contribution in [0.1, 0.15) is 41.0 Å². The number of rotatable bonds is 9. The van der Waals surface area contributed by atoms with E-state index < -0.39 is 0 Å². The Balaban J connectivity index is 1.58. The van der Waals surface area contributed by atoms with Crippen molar-refractivity contribution in [1.29, 1.82) is 0 Å². The molecule has 2 aromatic carbocycles. The van der Waals surface area contributed by atoms with Crippen LogP contribution >= 0.6 is 11.6 Å². The van der Waals surface area contributed by atoms with E-state index in [0.717, 1.165) is 12.0 Å². The molecule has 0 radical (unpaired) electrons. The van der Waals surface area contributed by atoms with Crippen LogP contribution in [0.4, 0.5) is 6.01 Å². The summed E-state index contributed by atoms with van der Waals surface area (Å²) in [6.07, 6.45) is 0.781. The largest absolute Gasteiger partial charge is 0.493 e. The highest BCUT2D eigenvalue weighted by atomic mass is 35.5. The van der Waals surface area contributed by atoms with Crippen LogP contribution in [0.5, 0.6) is 5.75 Å². The molecule has 2 heterocycles. The molecule has 1 N–H and O–H groups in total. The smallest absolute Gasteiger partial charge is 0.296 e. The van der Waals surface area contributed by atoms with Crippen molar-refractivity contribution in [3.05, 3.63) is 64.3 Å². The highest BCUT2D eigenvalue weighted by molar-refractivity contribution is 6.30. The molecule has 172 valence electrons. The van der Waals surface area contributed by atoms with Crippen LogP contribution in [0.3, 0.4) is 0 Å². The average molecular weight is 470 g/mol. The number of aromatic nitrogens is 3. The van der Waals surface area contributed by atoms with Crippen LogP contribution in [0.25, 0.3) is 11.1 Å². The average Bonchev–Trinajstić information content (AvgIpc) is 3.41. The molecule has 0 spiro atoms. The maximum absolute atomic E-state index is 13.3. The number of carbonyl (C=O) groups excluding carboxylic acids is 1. The van der Waals surface area contributed by atoms with Gasteiger partial charge in [0, 0.05) is 30.6 Å². The number of nitrogens with zero attached hydrogens (tertiary/aromatic N) is 4. The Labute approximate surface area is 195 Å². The zero-order valence-electron chi connectivity index (χ0n) is 18.6. The number of anilines is 1. The molecule has 4 aromatic rings. The minimum atomic E-state index is -0.184. The number of hydrogen-bond donors (Lipinski definition) is 1. The lowest BCUT2D eigenvalue weighted by Gasteiger charge is -2.20. The van der Waals surface area contributed by atoms with Crippen molar-refractivity contribution in [3.8, 4) is 5.75 Å². The molecule has 1 amide bonds. The minimum Gasteiger partial charge on any atom is -0.493 e. The van der Waals surface area contributed by atoms with Crippen molar-refractivity contribution < 1.29 is 18.5 Å². The molecule has 10 heteroatoms. The number of aryl methyl sites for hydroxylation is 1. The third-order valence-corrected chi connectivity index (χ3v) is 5.17. The third-order valence-electron chi connectivity index (χ3n) is 4.94. The summed E-state index contributed by atoms with van der Waals surface area (Å²) in [5.41, 5.74) is 2.39. The van der Waals surface area contributed by atoms with Gasteiger partial charge < -0.3 is 23.9 Å². The second-order valence-electron chi connectivity index (χ2n) is 7.49. The zero-order chi connectivity index (χ0) is 23.4. The summed E-state index contributed by atoms with van der Waals surface area (Å²) in [5.74, 6) is 1.15. The van der Waals surface area contributed by atoms with Gasteiger partial charge in [0.25, 0.3) is 11.9 Å². The number of benzene rings is 2. The number of amides is 1. The summed E-state index contributed by atoms with van der Waals surface area (Å²) in [5, 5.41) is 7.70. The van der Waals surface area contributed by atoms with Gasteiger partial charge in [-0.25, -0.2) is 0 Å². The fraction of sp³-hybridized carbons (Fsp3) is 0.304. The highest BCUT2D eigenvalue weighted by Crippen LogP contribution is 2.31. The first-order chi connectivity index (χ1) is 16.0. The lowest BCUT2D eigenvalue weighted by atomic mass is 10.1. The lowest BCUT2D eigenvalue weighted by Crippen LogP contribution is -2.31. The number of hydrogen-bond acceptors (Lipinski definition) is 8. The van der Waals surface area contributed by atoms with Crippen molar-refractivity contribution in [2.24, 2.45) is 0 Å². The van der Waals surface area contributed by atoms with E-state index in [-0.39, 0.29) is 12.5 Å². The summed E-state index contributed by atoms with van der Waals surface area (Å²) < 4.78 is 16.4. The van der Waals surface area contributed by atoms with Gasteiger partial charge in [0.05, 0.1) is 13.7 Å². The van der Waals surface area contributed by atoms with Gasteiger partial charge in [0.1, 0.15) is 5.52 Å². The normalized spacial score (nSPS) is 11.0. The number of oxazole rings is 1. The van der Waals surface area contributed by atoms with E-state index in [1.165, 1.54) is 7.11 Å². The van der Waals surface area contributed by atoms with Crippen LogP contribution in [-0.2, 0) is 13.1 Å². The molecule has 0 bridgehead atoms. The van der Waals surface area contributed by atoms with Gasteiger partial charge in [-0.1, -0.05) is 35.8 Å². The Morgan fingerprint density at radius 2 is 2.09 bits per heavy atom. The standard InChI is InChI=1S/C23H24ClN5O4/c1-4-8-29(13-20-26-14(2)33-28-20)22(30)16-10-18-21(19(11-16)31-3)32-23(27-18)25-12-15-6-5-7-17(24)9-15/h5-7,9-11H,4,8,12-13H2,1-3H3,(H,25,27). The van der Waals surface area contributed by atoms with E-state index in [2.05, 4.69) is 20.4 Å².